The van der Waals surface area contributed by atoms with Crippen molar-refractivity contribution in [1.29, 1.82) is 0 Å². The molecular weight excluding hydrogens is 422 g/mol. The van der Waals surface area contributed by atoms with Crippen LogP contribution in [-0.4, -0.2) is 52.8 Å². The van der Waals surface area contributed by atoms with Crippen molar-refractivity contribution < 1.29 is 28.9 Å². The number of amides is 1. The van der Waals surface area contributed by atoms with Crippen LogP contribution in [0.1, 0.15) is 51.8 Å². The lowest BCUT2D eigenvalue weighted by Crippen LogP contribution is -2.45. The number of aliphatic hydroxyl groups is 1. The van der Waals surface area contributed by atoms with Gasteiger partial charge in [-0.15, -0.1) is 0 Å². The highest BCUT2D eigenvalue weighted by Crippen LogP contribution is 2.33. The maximum atomic E-state index is 13.0. The van der Waals surface area contributed by atoms with Gasteiger partial charge in [0, 0.05) is 6.04 Å². The first-order valence-electron chi connectivity index (χ1n) is 11.2. The number of carbonyl (C=O) groups excluding carboxylic acids is 2. The third-order valence-electron chi connectivity index (χ3n) is 5.37. The van der Waals surface area contributed by atoms with Gasteiger partial charge in [-0.3, -0.25) is 4.79 Å². The Morgan fingerprint density at radius 1 is 1.15 bits per heavy atom. The minimum atomic E-state index is -0.843. The summed E-state index contributed by atoms with van der Waals surface area (Å²) in [6, 6.07) is 14.5. The predicted molar refractivity (Wildman–Crippen MR) is 125 cm³/mol. The van der Waals surface area contributed by atoms with Crippen LogP contribution in [0.5, 0.6) is 11.5 Å². The highest BCUT2D eigenvalue weighted by molar-refractivity contribution is 5.81. The number of benzene rings is 2. The SMILES string of the molecule is CC(=O)[C@H]1COc2cc(C[C@@H](C)N(C[C@H](O)c3ccccc3)C(=O)OC(C)(C)C)ccc2O1. The monoisotopic (exact) mass is 455 g/mol. The molecule has 7 heteroatoms. The first kappa shape index (κ1) is 24.6. The molecule has 0 spiro atoms. The highest BCUT2D eigenvalue weighted by Gasteiger charge is 2.29. The number of Topliss-reactive ketones (excluding diaryl/α,β-unsaturated/α-hetero) is 1. The van der Waals surface area contributed by atoms with Crippen LogP contribution in [0, 0.1) is 0 Å². The normalized spacial score (nSPS) is 17.1. The standard InChI is InChI=1S/C26H33NO6/c1-17(13-19-11-12-22-23(14-19)31-16-24(32-22)18(2)28)27(25(30)33-26(3,4)5)15-21(29)20-9-7-6-8-10-20/h6-12,14,17,21,24,29H,13,15-16H2,1-5H3/t17-,21+,24-/m1/s1. The van der Waals surface area contributed by atoms with E-state index in [1.54, 1.807) is 11.0 Å². The summed E-state index contributed by atoms with van der Waals surface area (Å²) in [6.45, 7) is 9.12. The maximum absolute atomic E-state index is 13.0. The fourth-order valence-corrected chi connectivity index (χ4v) is 3.62. The molecule has 33 heavy (non-hydrogen) atoms. The molecule has 1 heterocycles. The second-order valence-corrected chi connectivity index (χ2v) is 9.42. The summed E-state index contributed by atoms with van der Waals surface area (Å²) >= 11 is 0. The number of aliphatic hydroxyl groups excluding tert-OH is 1. The number of fused-ring (bicyclic) bond motifs is 1. The zero-order valence-corrected chi connectivity index (χ0v) is 19.9. The molecule has 0 aromatic heterocycles. The van der Waals surface area contributed by atoms with Crippen molar-refractivity contribution in [2.24, 2.45) is 0 Å². The van der Waals surface area contributed by atoms with Crippen molar-refractivity contribution in [3.05, 3.63) is 59.7 Å². The second kappa shape index (κ2) is 10.3. The van der Waals surface area contributed by atoms with Gasteiger partial charge in [0.1, 0.15) is 12.2 Å². The summed E-state index contributed by atoms with van der Waals surface area (Å²) < 4.78 is 17.0. The number of nitrogens with zero attached hydrogens (tertiary/aromatic N) is 1. The summed E-state index contributed by atoms with van der Waals surface area (Å²) in [7, 11) is 0. The fraction of sp³-hybridized carbons (Fsp3) is 0.462. The van der Waals surface area contributed by atoms with E-state index in [9.17, 15) is 14.7 Å². The molecule has 3 atom stereocenters. The first-order valence-corrected chi connectivity index (χ1v) is 11.2. The average molecular weight is 456 g/mol. The number of carbonyl (C=O) groups is 2. The Kier molecular flexibility index (Phi) is 7.64. The molecule has 0 saturated carbocycles. The topological polar surface area (TPSA) is 85.3 Å². The first-order chi connectivity index (χ1) is 15.5. The van der Waals surface area contributed by atoms with Crippen molar-refractivity contribution in [2.45, 2.75) is 64.9 Å². The second-order valence-electron chi connectivity index (χ2n) is 9.42. The van der Waals surface area contributed by atoms with Gasteiger partial charge < -0.3 is 24.2 Å². The van der Waals surface area contributed by atoms with Crippen LogP contribution in [-0.2, 0) is 16.0 Å². The van der Waals surface area contributed by atoms with Crippen LogP contribution < -0.4 is 9.47 Å². The molecule has 178 valence electrons. The molecular formula is C26H33NO6. The molecule has 2 aromatic carbocycles. The number of ketones is 1. The van der Waals surface area contributed by atoms with Crippen molar-refractivity contribution in [3.63, 3.8) is 0 Å². The van der Waals surface area contributed by atoms with Crippen LogP contribution in [0.25, 0.3) is 0 Å². The minimum absolute atomic E-state index is 0.0803. The van der Waals surface area contributed by atoms with Gasteiger partial charge in [0.15, 0.2) is 23.4 Å². The Bertz CT molecular complexity index is 968. The number of hydrogen-bond donors (Lipinski definition) is 1. The molecule has 0 saturated heterocycles. The Balaban J connectivity index is 1.76. The fourth-order valence-electron chi connectivity index (χ4n) is 3.62. The number of hydrogen-bond acceptors (Lipinski definition) is 6. The van der Waals surface area contributed by atoms with Crippen molar-refractivity contribution in [2.75, 3.05) is 13.2 Å². The molecule has 0 fully saturated rings. The number of ether oxygens (including phenoxy) is 3. The van der Waals surface area contributed by atoms with Crippen LogP contribution in [0.15, 0.2) is 48.5 Å². The lowest BCUT2D eigenvalue weighted by Gasteiger charge is -2.33. The molecule has 2 aromatic rings. The number of rotatable bonds is 7. The van der Waals surface area contributed by atoms with E-state index in [-0.39, 0.29) is 25.0 Å². The molecule has 1 aliphatic rings. The molecule has 1 amide bonds. The van der Waals surface area contributed by atoms with E-state index in [0.29, 0.717) is 17.9 Å². The van der Waals surface area contributed by atoms with Gasteiger partial charge in [-0.25, -0.2) is 4.79 Å². The molecule has 0 radical (unpaired) electrons. The molecule has 7 nitrogen and oxygen atoms in total. The van der Waals surface area contributed by atoms with E-state index in [0.717, 1.165) is 11.1 Å². The van der Waals surface area contributed by atoms with Gasteiger partial charge in [0.25, 0.3) is 0 Å². The quantitative estimate of drug-likeness (QED) is 0.669. The van der Waals surface area contributed by atoms with Gasteiger partial charge in [-0.1, -0.05) is 36.4 Å². The largest absolute Gasteiger partial charge is 0.485 e. The van der Waals surface area contributed by atoms with E-state index < -0.39 is 23.9 Å². The smallest absolute Gasteiger partial charge is 0.410 e. The minimum Gasteiger partial charge on any atom is -0.485 e. The van der Waals surface area contributed by atoms with E-state index in [2.05, 4.69) is 0 Å². The van der Waals surface area contributed by atoms with Crippen molar-refractivity contribution >= 4 is 11.9 Å². The molecule has 0 bridgehead atoms. The maximum Gasteiger partial charge on any atom is 0.410 e. The lowest BCUT2D eigenvalue weighted by atomic mass is 10.0. The van der Waals surface area contributed by atoms with Crippen molar-refractivity contribution in [1.82, 2.24) is 4.90 Å². The van der Waals surface area contributed by atoms with E-state index in [1.807, 2.05) is 70.2 Å². The lowest BCUT2D eigenvalue weighted by molar-refractivity contribution is -0.125. The summed E-state index contributed by atoms with van der Waals surface area (Å²) in [5.41, 5.74) is 1.02. The zero-order valence-electron chi connectivity index (χ0n) is 19.9. The molecule has 3 rings (SSSR count). The van der Waals surface area contributed by atoms with Crippen LogP contribution in [0.2, 0.25) is 0 Å². The van der Waals surface area contributed by atoms with Gasteiger partial charge in [0.2, 0.25) is 0 Å². The van der Waals surface area contributed by atoms with Gasteiger partial charge in [0.05, 0.1) is 12.6 Å². The third-order valence-corrected chi connectivity index (χ3v) is 5.37. The van der Waals surface area contributed by atoms with Crippen LogP contribution in [0.3, 0.4) is 0 Å². The Morgan fingerprint density at radius 3 is 2.48 bits per heavy atom. The Hall–Kier alpha value is -3.06. The molecule has 1 N–H and O–H groups in total. The molecule has 1 aliphatic heterocycles. The van der Waals surface area contributed by atoms with Crippen LogP contribution in [0.4, 0.5) is 4.79 Å². The van der Waals surface area contributed by atoms with Crippen molar-refractivity contribution in [3.8, 4) is 11.5 Å². The summed E-state index contributed by atoms with van der Waals surface area (Å²) in [5.74, 6) is 1.02. The zero-order chi connectivity index (χ0) is 24.2. The van der Waals surface area contributed by atoms with E-state index in [4.69, 9.17) is 14.2 Å². The summed E-state index contributed by atoms with van der Waals surface area (Å²) in [5, 5.41) is 10.8. The highest BCUT2D eigenvalue weighted by atomic mass is 16.6. The Morgan fingerprint density at radius 2 is 1.85 bits per heavy atom. The van der Waals surface area contributed by atoms with Gasteiger partial charge in [-0.2, -0.15) is 0 Å². The van der Waals surface area contributed by atoms with Crippen LogP contribution >= 0.6 is 0 Å². The Labute approximate surface area is 195 Å². The third kappa shape index (κ3) is 6.71. The molecule has 0 unspecified atom stereocenters. The summed E-state index contributed by atoms with van der Waals surface area (Å²) in [6.07, 6.45) is -1.39. The van der Waals surface area contributed by atoms with Gasteiger partial charge >= 0.3 is 6.09 Å². The average Bonchev–Trinajstić information content (AvgIpc) is 2.76. The van der Waals surface area contributed by atoms with E-state index >= 15 is 0 Å². The van der Waals surface area contributed by atoms with E-state index in [1.165, 1.54) is 6.92 Å². The summed E-state index contributed by atoms with van der Waals surface area (Å²) in [4.78, 5) is 26.1. The molecule has 0 aliphatic carbocycles. The van der Waals surface area contributed by atoms with Gasteiger partial charge in [-0.05, 0) is 64.3 Å². The predicted octanol–water partition coefficient (Wildman–Crippen LogP) is 4.32.